The molecule has 3 aromatic carbocycles. The summed E-state index contributed by atoms with van der Waals surface area (Å²) in [5.74, 6) is 0. The van der Waals surface area contributed by atoms with Crippen LogP contribution in [0.25, 0.3) is 22.3 Å². The molecule has 43 heavy (non-hydrogen) atoms. The molecule has 232 valence electrons. The summed E-state index contributed by atoms with van der Waals surface area (Å²) in [6, 6.07) is 23.4. The fourth-order valence-electron chi connectivity index (χ4n) is 6.16. The van der Waals surface area contributed by atoms with Gasteiger partial charge < -0.3 is 9.31 Å². The van der Waals surface area contributed by atoms with Crippen molar-refractivity contribution in [3.63, 3.8) is 0 Å². The molecule has 3 heteroatoms. The molecule has 3 aromatic rings. The summed E-state index contributed by atoms with van der Waals surface area (Å²) in [5, 5.41) is 0. The van der Waals surface area contributed by atoms with Crippen LogP contribution in [0.1, 0.15) is 129 Å². The minimum atomic E-state index is -0.346. The molecule has 0 spiro atoms. The van der Waals surface area contributed by atoms with Gasteiger partial charge in [0.05, 0.1) is 11.2 Å². The Balaban J connectivity index is 1.69. The summed E-state index contributed by atoms with van der Waals surface area (Å²) in [6.07, 6.45) is 15.8. The van der Waals surface area contributed by atoms with Gasteiger partial charge in [0.1, 0.15) is 0 Å². The monoisotopic (exact) mass is 580 g/mol. The normalized spacial score (nSPS) is 15.7. The number of unbranched alkanes of at least 4 members (excludes halogenated alkanes) is 7. The first kappa shape index (κ1) is 33.5. The molecular weight excluding hydrogens is 523 g/mol. The Morgan fingerprint density at radius 1 is 0.512 bits per heavy atom. The van der Waals surface area contributed by atoms with Crippen LogP contribution in [0.5, 0.6) is 0 Å². The highest BCUT2D eigenvalue weighted by molar-refractivity contribution is 6.62. The van der Waals surface area contributed by atoms with Crippen LogP contribution in [0.4, 0.5) is 0 Å². The van der Waals surface area contributed by atoms with Gasteiger partial charge in [-0.1, -0.05) is 126 Å². The van der Waals surface area contributed by atoms with Gasteiger partial charge >= 0.3 is 7.12 Å². The molecule has 0 N–H and O–H groups in total. The Bertz CT molecular complexity index is 1260. The highest BCUT2D eigenvalue weighted by Crippen LogP contribution is 2.38. The first-order chi connectivity index (χ1) is 20.7. The fourth-order valence-corrected chi connectivity index (χ4v) is 6.16. The number of benzene rings is 3. The zero-order valence-corrected chi connectivity index (χ0v) is 28.4. The van der Waals surface area contributed by atoms with Gasteiger partial charge in [0.15, 0.2) is 0 Å². The third kappa shape index (κ3) is 8.64. The minimum absolute atomic E-state index is 0.322. The van der Waals surface area contributed by atoms with Crippen molar-refractivity contribution in [2.75, 3.05) is 0 Å². The molecule has 1 heterocycles. The quantitative estimate of drug-likeness (QED) is 0.124. The molecule has 0 atom stereocenters. The fraction of sp³-hybridized carbons (Fsp3) is 0.550. The van der Waals surface area contributed by atoms with Crippen LogP contribution in [0.3, 0.4) is 0 Å². The van der Waals surface area contributed by atoms with Crippen molar-refractivity contribution >= 4 is 12.6 Å². The molecule has 1 aliphatic heterocycles. The molecular formula is C40H57BO2. The Hall–Kier alpha value is -2.36. The van der Waals surface area contributed by atoms with E-state index in [2.05, 4.69) is 109 Å². The van der Waals surface area contributed by atoms with E-state index in [0.29, 0.717) is 0 Å². The second-order valence-corrected chi connectivity index (χ2v) is 13.8. The molecule has 0 unspecified atom stereocenters. The third-order valence-electron chi connectivity index (χ3n) is 9.77. The van der Waals surface area contributed by atoms with E-state index in [1.54, 1.807) is 0 Å². The van der Waals surface area contributed by atoms with E-state index >= 15 is 0 Å². The maximum Gasteiger partial charge on any atom is 0.495 e. The topological polar surface area (TPSA) is 18.5 Å². The molecule has 4 rings (SSSR count). The molecule has 0 saturated carbocycles. The van der Waals surface area contributed by atoms with Gasteiger partial charge in [-0.25, -0.2) is 0 Å². The minimum Gasteiger partial charge on any atom is -0.399 e. The molecule has 0 aliphatic carbocycles. The number of hydrogen-bond acceptors (Lipinski definition) is 2. The van der Waals surface area contributed by atoms with Gasteiger partial charge in [-0.05, 0) is 111 Å². The van der Waals surface area contributed by atoms with Crippen molar-refractivity contribution in [3.05, 3.63) is 77.4 Å². The van der Waals surface area contributed by atoms with Gasteiger partial charge in [0, 0.05) is 0 Å². The predicted octanol–water partition coefficient (Wildman–Crippen LogP) is 10.9. The van der Waals surface area contributed by atoms with Crippen LogP contribution in [-0.4, -0.2) is 18.3 Å². The van der Waals surface area contributed by atoms with Crippen LogP contribution in [0, 0.1) is 0 Å². The van der Waals surface area contributed by atoms with Crippen molar-refractivity contribution in [1.29, 1.82) is 0 Å². The van der Waals surface area contributed by atoms with Gasteiger partial charge in [-0.2, -0.15) is 0 Å². The lowest BCUT2D eigenvalue weighted by Crippen LogP contribution is -2.41. The predicted molar refractivity (Wildman–Crippen MR) is 187 cm³/mol. The third-order valence-corrected chi connectivity index (χ3v) is 9.77. The Labute approximate surface area is 264 Å². The molecule has 0 radical (unpaired) electrons. The highest BCUT2D eigenvalue weighted by Gasteiger charge is 2.52. The first-order valence-corrected chi connectivity index (χ1v) is 17.4. The molecule has 0 amide bonds. The smallest absolute Gasteiger partial charge is 0.399 e. The van der Waals surface area contributed by atoms with Gasteiger partial charge in [-0.3, -0.25) is 0 Å². The highest BCUT2D eigenvalue weighted by atomic mass is 16.7. The second-order valence-electron chi connectivity index (χ2n) is 13.8. The van der Waals surface area contributed by atoms with Gasteiger partial charge in [0.25, 0.3) is 0 Å². The van der Waals surface area contributed by atoms with E-state index in [-0.39, 0.29) is 18.3 Å². The van der Waals surface area contributed by atoms with E-state index in [1.807, 2.05) is 0 Å². The number of hydrogen-bond donors (Lipinski definition) is 0. The van der Waals surface area contributed by atoms with Crippen molar-refractivity contribution in [2.24, 2.45) is 0 Å². The average Bonchev–Trinajstić information content (AvgIpc) is 3.23. The lowest BCUT2D eigenvalue weighted by atomic mass is 9.72. The molecule has 0 aromatic heterocycles. The Kier molecular flexibility index (Phi) is 12.2. The first-order valence-electron chi connectivity index (χ1n) is 17.4. The maximum absolute atomic E-state index is 6.63. The van der Waals surface area contributed by atoms with E-state index in [0.717, 1.165) is 12.8 Å². The summed E-state index contributed by atoms with van der Waals surface area (Å²) in [4.78, 5) is 0. The van der Waals surface area contributed by atoms with E-state index in [9.17, 15) is 0 Å². The van der Waals surface area contributed by atoms with Crippen molar-refractivity contribution in [1.82, 2.24) is 0 Å². The largest absolute Gasteiger partial charge is 0.495 e. The van der Waals surface area contributed by atoms with Crippen LogP contribution in [-0.2, 0) is 28.6 Å². The zero-order chi connectivity index (χ0) is 30.9. The van der Waals surface area contributed by atoms with E-state index in [1.165, 1.54) is 115 Å². The Morgan fingerprint density at radius 3 is 1.53 bits per heavy atom. The summed E-state index contributed by atoms with van der Waals surface area (Å²) in [5.41, 5.74) is 10.0. The SMILES string of the molecule is CCCCCCc1cc(-c2ccc(-c3ccc(CCCC)cc3)cc2)c(CCCCCC)cc1B1OC(C)(C)C(C)(C)O1. The molecule has 1 aliphatic rings. The van der Waals surface area contributed by atoms with Crippen LogP contribution >= 0.6 is 0 Å². The summed E-state index contributed by atoms with van der Waals surface area (Å²) < 4.78 is 13.3. The summed E-state index contributed by atoms with van der Waals surface area (Å²) in [6.45, 7) is 15.5. The van der Waals surface area contributed by atoms with Crippen molar-refractivity contribution in [2.45, 2.75) is 143 Å². The van der Waals surface area contributed by atoms with Crippen LogP contribution < -0.4 is 5.46 Å². The van der Waals surface area contributed by atoms with Crippen molar-refractivity contribution in [3.8, 4) is 22.3 Å². The zero-order valence-electron chi connectivity index (χ0n) is 28.4. The summed E-state index contributed by atoms with van der Waals surface area (Å²) >= 11 is 0. The molecule has 1 saturated heterocycles. The lowest BCUT2D eigenvalue weighted by molar-refractivity contribution is 0.00578. The lowest BCUT2D eigenvalue weighted by Gasteiger charge is -2.32. The standard InChI is InChI=1S/C40H57BO2/c1-8-11-14-16-19-35-30-38(41-42-39(4,5)40(6,7)43-41)36(20-17-15-12-9-2)29-37(35)34-27-25-33(26-28-34)32-23-21-31(22-24-32)18-13-10-3/h21-30H,8-20H2,1-7H3. The van der Waals surface area contributed by atoms with E-state index in [4.69, 9.17) is 9.31 Å². The Morgan fingerprint density at radius 2 is 1.00 bits per heavy atom. The molecule has 1 fully saturated rings. The van der Waals surface area contributed by atoms with Crippen LogP contribution in [0.15, 0.2) is 60.7 Å². The van der Waals surface area contributed by atoms with E-state index < -0.39 is 0 Å². The average molecular weight is 581 g/mol. The number of rotatable bonds is 16. The molecule has 0 bridgehead atoms. The molecule has 2 nitrogen and oxygen atoms in total. The summed E-state index contributed by atoms with van der Waals surface area (Å²) in [7, 11) is -0.322. The second kappa shape index (κ2) is 15.6. The maximum atomic E-state index is 6.63. The van der Waals surface area contributed by atoms with Crippen molar-refractivity contribution < 1.29 is 9.31 Å². The van der Waals surface area contributed by atoms with Crippen LogP contribution in [0.2, 0.25) is 0 Å². The number of aryl methyl sites for hydroxylation is 3. The van der Waals surface area contributed by atoms with Gasteiger partial charge in [0.2, 0.25) is 0 Å². The van der Waals surface area contributed by atoms with Gasteiger partial charge in [-0.15, -0.1) is 0 Å².